The third-order valence-corrected chi connectivity index (χ3v) is 4.58. The van der Waals surface area contributed by atoms with E-state index in [4.69, 9.17) is 4.74 Å². The monoisotopic (exact) mass is 363 g/mol. The SMILES string of the molecule is O=C(CCOc1ccccc1)NCCS(=O)(=O)NCc1cccnc1. The normalized spacial score (nSPS) is 11.0. The fraction of sp³-hybridized carbons (Fsp3) is 0.294. The molecule has 0 saturated carbocycles. The molecule has 1 amide bonds. The van der Waals surface area contributed by atoms with E-state index in [1.54, 1.807) is 36.7 Å². The van der Waals surface area contributed by atoms with Gasteiger partial charge >= 0.3 is 0 Å². The first-order chi connectivity index (χ1) is 12.1. The van der Waals surface area contributed by atoms with E-state index < -0.39 is 10.0 Å². The zero-order valence-electron chi connectivity index (χ0n) is 13.7. The van der Waals surface area contributed by atoms with Crippen LogP contribution in [0.15, 0.2) is 54.9 Å². The van der Waals surface area contributed by atoms with Crippen LogP contribution in [0.2, 0.25) is 0 Å². The summed E-state index contributed by atoms with van der Waals surface area (Å²) in [6, 6.07) is 12.7. The number of aromatic nitrogens is 1. The van der Waals surface area contributed by atoms with Gasteiger partial charge in [-0.05, 0) is 23.8 Å². The highest BCUT2D eigenvalue weighted by Gasteiger charge is 2.11. The molecule has 1 aromatic carbocycles. The largest absolute Gasteiger partial charge is 0.493 e. The molecule has 8 heteroatoms. The van der Waals surface area contributed by atoms with Crippen molar-refractivity contribution in [2.24, 2.45) is 0 Å². The highest BCUT2D eigenvalue weighted by molar-refractivity contribution is 7.89. The molecule has 1 aromatic heterocycles. The molecule has 1 heterocycles. The summed E-state index contributed by atoms with van der Waals surface area (Å²) in [5.74, 6) is 0.259. The summed E-state index contributed by atoms with van der Waals surface area (Å²) in [7, 11) is -3.46. The van der Waals surface area contributed by atoms with Crippen LogP contribution in [0.5, 0.6) is 5.75 Å². The molecule has 2 rings (SSSR count). The van der Waals surface area contributed by atoms with E-state index in [0.717, 1.165) is 5.56 Å². The van der Waals surface area contributed by atoms with Gasteiger partial charge in [0.2, 0.25) is 15.9 Å². The summed E-state index contributed by atoms with van der Waals surface area (Å²) in [5.41, 5.74) is 0.771. The Labute approximate surface area is 147 Å². The molecular weight excluding hydrogens is 342 g/mol. The van der Waals surface area contributed by atoms with Gasteiger partial charge in [0.15, 0.2) is 0 Å². The molecule has 0 aliphatic rings. The average Bonchev–Trinajstić information content (AvgIpc) is 2.62. The van der Waals surface area contributed by atoms with Crippen molar-refractivity contribution in [2.75, 3.05) is 18.9 Å². The van der Waals surface area contributed by atoms with Gasteiger partial charge in [-0.3, -0.25) is 9.78 Å². The zero-order valence-corrected chi connectivity index (χ0v) is 14.5. The Bertz CT molecular complexity index is 752. The highest BCUT2D eigenvalue weighted by Crippen LogP contribution is 2.08. The molecule has 0 bridgehead atoms. The molecule has 0 atom stereocenters. The number of carbonyl (C=O) groups is 1. The van der Waals surface area contributed by atoms with E-state index in [1.807, 2.05) is 18.2 Å². The molecule has 0 saturated heterocycles. The van der Waals surface area contributed by atoms with Gasteiger partial charge in [0.05, 0.1) is 18.8 Å². The van der Waals surface area contributed by atoms with Crippen LogP contribution in [0.1, 0.15) is 12.0 Å². The standard InChI is InChI=1S/C17H21N3O4S/c21-17(8-11-24-16-6-2-1-3-7-16)19-10-12-25(22,23)20-14-15-5-4-9-18-13-15/h1-7,9,13,20H,8,10-12,14H2,(H,19,21). The summed E-state index contributed by atoms with van der Waals surface area (Å²) >= 11 is 0. The number of nitrogens with zero attached hydrogens (tertiary/aromatic N) is 1. The smallest absolute Gasteiger partial charge is 0.223 e. The maximum Gasteiger partial charge on any atom is 0.223 e. The van der Waals surface area contributed by atoms with Crippen molar-refractivity contribution in [2.45, 2.75) is 13.0 Å². The van der Waals surface area contributed by atoms with Gasteiger partial charge in [0.25, 0.3) is 0 Å². The van der Waals surface area contributed by atoms with Gasteiger partial charge in [0.1, 0.15) is 5.75 Å². The third-order valence-electron chi connectivity index (χ3n) is 3.25. The Kier molecular flexibility index (Phi) is 7.36. The van der Waals surface area contributed by atoms with Crippen molar-refractivity contribution in [3.8, 4) is 5.75 Å². The Morgan fingerprint density at radius 2 is 1.92 bits per heavy atom. The van der Waals surface area contributed by atoms with E-state index in [0.29, 0.717) is 5.75 Å². The summed E-state index contributed by atoms with van der Waals surface area (Å²) in [6.45, 7) is 0.462. The van der Waals surface area contributed by atoms with Gasteiger partial charge in [0, 0.05) is 25.5 Å². The van der Waals surface area contributed by atoms with E-state index in [9.17, 15) is 13.2 Å². The van der Waals surface area contributed by atoms with Crippen LogP contribution < -0.4 is 14.8 Å². The van der Waals surface area contributed by atoms with Crippen molar-refractivity contribution in [1.29, 1.82) is 0 Å². The lowest BCUT2D eigenvalue weighted by Gasteiger charge is -2.09. The molecule has 2 N–H and O–H groups in total. The van der Waals surface area contributed by atoms with Gasteiger partial charge in [-0.25, -0.2) is 13.1 Å². The number of sulfonamides is 1. The highest BCUT2D eigenvalue weighted by atomic mass is 32.2. The third kappa shape index (κ3) is 7.77. The van der Waals surface area contributed by atoms with Crippen molar-refractivity contribution in [3.63, 3.8) is 0 Å². The zero-order chi connectivity index (χ0) is 18.0. The first-order valence-corrected chi connectivity index (χ1v) is 9.51. The lowest BCUT2D eigenvalue weighted by Crippen LogP contribution is -2.34. The maximum absolute atomic E-state index is 11.9. The topological polar surface area (TPSA) is 97.4 Å². The van der Waals surface area contributed by atoms with Gasteiger partial charge in [-0.1, -0.05) is 24.3 Å². The van der Waals surface area contributed by atoms with Gasteiger partial charge in [-0.2, -0.15) is 0 Å². The molecule has 25 heavy (non-hydrogen) atoms. The number of nitrogens with one attached hydrogen (secondary N) is 2. The molecule has 2 aromatic rings. The number of carbonyl (C=O) groups excluding carboxylic acids is 1. The predicted molar refractivity (Wildman–Crippen MR) is 94.4 cm³/mol. The van der Waals surface area contributed by atoms with Crippen molar-refractivity contribution < 1.29 is 17.9 Å². The fourth-order valence-corrected chi connectivity index (χ4v) is 2.86. The number of hydrogen-bond donors (Lipinski definition) is 2. The van der Waals surface area contributed by atoms with E-state index in [-0.39, 0.29) is 37.8 Å². The summed E-state index contributed by atoms with van der Waals surface area (Å²) < 4.78 is 31.6. The van der Waals surface area contributed by atoms with E-state index >= 15 is 0 Å². The first kappa shape index (κ1) is 18.9. The Hall–Kier alpha value is -2.45. The molecule has 7 nitrogen and oxygen atoms in total. The second-order valence-corrected chi connectivity index (χ2v) is 7.19. The second-order valence-electron chi connectivity index (χ2n) is 5.26. The summed E-state index contributed by atoms with van der Waals surface area (Å²) in [4.78, 5) is 15.6. The molecule has 0 radical (unpaired) electrons. The van der Waals surface area contributed by atoms with Crippen LogP contribution in [0.4, 0.5) is 0 Å². The molecule has 0 unspecified atom stereocenters. The Balaban J connectivity index is 1.61. The van der Waals surface area contributed by atoms with Gasteiger partial charge < -0.3 is 10.1 Å². The number of hydrogen-bond acceptors (Lipinski definition) is 5. The predicted octanol–water partition coefficient (Wildman–Crippen LogP) is 1.09. The molecule has 0 aliphatic carbocycles. The minimum absolute atomic E-state index is 0.0482. The molecule has 0 spiro atoms. The number of rotatable bonds is 10. The number of benzene rings is 1. The lowest BCUT2D eigenvalue weighted by molar-refractivity contribution is -0.121. The maximum atomic E-state index is 11.9. The van der Waals surface area contributed by atoms with Crippen molar-refractivity contribution in [3.05, 3.63) is 60.4 Å². The van der Waals surface area contributed by atoms with Crippen molar-refractivity contribution in [1.82, 2.24) is 15.0 Å². The van der Waals surface area contributed by atoms with Crippen LogP contribution in [-0.2, 0) is 21.4 Å². The fourth-order valence-electron chi connectivity index (χ4n) is 1.96. The van der Waals surface area contributed by atoms with Crippen molar-refractivity contribution >= 4 is 15.9 Å². The average molecular weight is 363 g/mol. The Morgan fingerprint density at radius 1 is 1.12 bits per heavy atom. The van der Waals surface area contributed by atoms with Crippen LogP contribution in [0.3, 0.4) is 0 Å². The molecular formula is C17H21N3O4S. The molecule has 0 fully saturated rings. The van der Waals surface area contributed by atoms with Crippen LogP contribution in [-0.4, -0.2) is 38.2 Å². The van der Waals surface area contributed by atoms with Crippen LogP contribution in [0, 0.1) is 0 Å². The molecule has 134 valence electrons. The number of ether oxygens (including phenoxy) is 1. The number of pyridine rings is 1. The number of para-hydroxylation sites is 1. The lowest BCUT2D eigenvalue weighted by atomic mass is 10.3. The van der Waals surface area contributed by atoms with Crippen LogP contribution >= 0.6 is 0 Å². The minimum atomic E-state index is -3.46. The first-order valence-electron chi connectivity index (χ1n) is 7.86. The van der Waals surface area contributed by atoms with E-state index in [1.165, 1.54) is 0 Å². The van der Waals surface area contributed by atoms with Crippen LogP contribution in [0.25, 0.3) is 0 Å². The molecule has 0 aliphatic heterocycles. The Morgan fingerprint density at radius 3 is 2.64 bits per heavy atom. The summed E-state index contributed by atoms with van der Waals surface area (Å²) in [5, 5.41) is 2.57. The van der Waals surface area contributed by atoms with Gasteiger partial charge in [-0.15, -0.1) is 0 Å². The summed E-state index contributed by atoms with van der Waals surface area (Å²) in [6.07, 6.45) is 3.38. The quantitative estimate of drug-likeness (QED) is 0.658. The van der Waals surface area contributed by atoms with E-state index in [2.05, 4.69) is 15.0 Å². The number of amides is 1. The second kappa shape index (κ2) is 9.75. The minimum Gasteiger partial charge on any atom is -0.493 e.